The maximum atomic E-state index is 13.0. The Labute approximate surface area is 189 Å². The fourth-order valence-corrected chi connectivity index (χ4v) is 4.61. The molecule has 0 spiro atoms. The van der Waals surface area contributed by atoms with Gasteiger partial charge in [-0.1, -0.05) is 23.2 Å². The second-order valence-corrected chi connectivity index (χ2v) is 8.50. The van der Waals surface area contributed by atoms with Crippen LogP contribution in [0.2, 0.25) is 10.0 Å². The van der Waals surface area contributed by atoms with E-state index in [4.69, 9.17) is 23.2 Å². The molecule has 0 aliphatic carbocycles. The van der Waals surface area contributed by atoms with Gasteiger partial charge in [-0.15, -0.1) is 0 Å². The highest BCUT2D eigenvalue weighted by Gasteiger charge is 2.34. The third kappa shape index (κ3) is 4.50. The van der Waals surface area contributed by atoms with Crippen LogP contribution in [0.4, 0.5) is 5.69 Å². The van der Waals surface area contributed by atoms with Gasteiger partial charge in [-0.25, -0.2) is 9.50 Å². The van der Waals surface area contributed by atoms with Crippen LogP contribution in [0.15, 0.2) is 24.5 Å². The van der Waals surface area contributed by atoms with Crippen molar-refractivity contribution in [2.24, 2.45) is 0 Å². The molecule has 1 saturated heterocycles. The fourth-order valence-electron chi connectivity index (χ4n) is 4.08. The van der Waals surface area contributed by atoms with Crippen molar-refractivity contribution >= 4 is 46.5 Å². The molecule has 162 valence electrons. The smallest absolute Gasteiger partial charge is 0.252 e. The summed E-state index contributed by atoms with van der Waals surface area (Å²) in [7, 11) is 0. The number of likely N-dealkylation sites (tertiary alicyclic amines) is 1. The Hall–Kier alpha value is -2.71. The minimum Gasteiger partial charge on any atom is -0.331 e. The van der Waals surface area contributed by atoms with E-state index < -0.39 is 6.04 Å². The first-order valence-corrected chi connectivity index (χ1v) is 10.8. The van der Waals surface area contributed by atoms with Gasteiger partial charge in [-0.3, -0.25) is 9.59 Å². The molecule has 8 nitrogen and oxygen atoms in total. The highest BCUT2D eigenvalue weighted by atomic mass is 35.5. The maximum Gasteiger partial charge on any atom is 0.252 e. The molecule has 1 aliphatic rings. The first-order chi connectivity index (χ1) is 14.8. The Kier molecular flexibility index (Phi) is 6.11. The van der Waals surface area contributed by atoms with Crippen molar-refractivity contribution in [2.75, 3.05) is 11.9 Å². The van der Waals surface area contributed by atoms with Gasteiger partial charge in [-0.2, -0.15) is 10.1 Å². The SMILES string of the molecule is Cc1nc2ncnn2c(C)c1CCC(=O)N1CCC[C@H]1C(=O)Nc1cc(Cl)cc(Cl)c1. The minimum absolute atomic E-state index is 0.0562. The van der Waals surface area contributed by atoms with Gasteiger partial charge in [0, 0.05) is 40.1 Å². The number of hydrogen-bond donors (Lipinski definition) is 1. The Bertz CT molecular complexity index is 1140. The zero-order valence-corrected chi connectivity index (χ0v) is 18.7. The normalized spacial score (nSPS) is 16.1. The lowest BCUT2D eigenvalue weighted by molar-refractivity contribution is -0.136. The van der Waals surface area contributed by atoms with E-state index in [9.17, 15) is 9.59 Å². The average molecular weight is 461 g/mol. The lowest BCUT2D eigenvalue weighted by atomic mass is 10.1. The molecule has 3 heterocycles. The van der Waals surface area contributed by atoms with Gasteiger partial charge in [0.2, 0.25) is 11.8 Å². The van der Waals surface area contributed by atoms with Crippen molar-refractivity contribution in [2.45, 2.75) is 45.6 Å². The second kappa shape index (κ2) is 8.80. The van der Waals surface area contributed by atoms with Crippen molar-refractivity contribution < 1.29 is 9.59 Å². The molecule has 1 atom stereocenters. The predicted octanol–water partition coefficient (Wildman–Crippen LogP) is 3.61. The molecule has 10 heteroatoms. The van der Waals surface area contributed by atoms with Gasteiger partial charge < -0.3 is 10.2 Å². The molecule has 0 radical (unpaired) electrons. The molecular weight excluding hydrogens is 439 g/mol. The van der Waals surface area contributed by atoms with Crippen LogP contribution in [0.3, 0.4) is 0 Å². The summed E-state index contributed by atoms with van der Waals surface area (Å²) in [6, 6.07) is 4.35. The number of carbonyl (C=O) groups is 2. The van der Waals surface area contributed by atoms with Crippen LogP contribution in [0.25, 0.3) is 5.78 Å². The van der Waals surface area contributed by atoms with Crippen LogP contribution < -0.4 is 5.32 Å². The average Bonchev–Trinajstić information content (AvgIpc) is 3.36. The minimum atomic E-state index is -0.511. The quantitative estimate of drug-likeness (QED) is 0.627. The summed E-state index contributed by atoms with van der Waals surface area (Å²) >= 11 is 12.0. The number of nitrogens with one attached hydrogen (secondary N) is 1. The van der Waals surface area contributed by atoms with E-state index in [1.54, 1.807) is 27.6 Å². The third-order valence-corrected chi connectivity index (χ3v) is 6.02. The molecule has 1 aliphatic heterocycles. The van der Waals surface area contributed by atoms with E-state index in [0.29, 0.717) is 40.9 Å². The molecule has 3 aromatic rings. The predicted molar refractivity (Wildman–Crippen MR) is 118 cm³/mol. The summed E-state index contributed by atoms with van der Waals surface area (Å²) < 4.78 is 1.68. The number of rotatable bonds is 5. The van der Waals surface area contributed by atoms with E-state index in [0.717, 1.165) is 23.4 Å². The van der Waals surface area contributed by atoms with Gasteiger partial charge >= 0.3 is 0 Å². The molecule has 1 N–H and O–H groups in total. The number of fused-ring (bicyclic) bond motifs is 1. The summed E-state index contributed by atoms with van der Waals surface area (Å²) in [5.41, 5.74) is 3.24. The van der Waals surface area contributed by atoms with E-state index in [1.165, 1.54) is 6.33 Å². The summed E-state index contributed by atoms with van der Waals surface area (Å²) in [6.07, 6.45) is 3.68. The lowest BCUT2D eigenvalue weighted by Gasteiger charge is -2.24. The van der Waals surface area contributed by atoms with E-state index in [1.807, 2.05) is 13.8 Å². The first kappa shape index (κ1) is 21.5. The number of anilines is 1. The molecule has 2 amide bonds. The number of amides is 2. The fraction of sp³-hybridized carbons (Fsp3) is 0.381. The molecule has 1 fully saturated rings. The second-order valence-electron chi connectivity index (χ2n) is 7.63. The van der Waals surface area contributed by atoms with Crippen LogP contribution in [0.1, 0.15) is 36.2 Å². The first-order valence-electron chi connectivity index (χ1n) is 10.1. The van der Waals surface area contributed by atoms with Crippen molar-refractivity contribution in [3.63, 3.8) is 0 Å². The van der Waals surface area contributed by atoms with Gasteiger partial charge in [0.05, 0.1) is 0 Å². The molecule has 0 bridgehead atoms. The molecule has 31 heavy (non-hydrogen) atoms. The van der Waals surface area contributed by atoms with Crippen LogP contribution >= 0.6 is 23.2 Å². The molecule has 4 rings (SSSR count). The zero-order valence-electron chi connectivity index (χ0n) is 17.2. The number of aryl methyl sites for hydroxylation is 2. The van der Waals surface area contributed by atoms with Crippen molar-refractivity contribution in [1.82, 2.24) is 24.5 Å². The van der Waals surface area contributed by atoms with Crippen LogP contribution in [-0.4, -0.2) is 48.9 Å². The Balaban J connectivity index is 1.44. The monoisotopic (exact) mass is 460 g/mol. The van der Waals surface area contributed by atoms with Crippen LogP contribution in [-0.2, 0) is 16.0 Å². The Morgan fingerprint density at radius 2 is 1.94 bits per heavy atom. The number of halogens is 2. The van der Waals surface area contributed by atoms with E-state index in [-0.39, 0.29) is 18.2 Å². The van der Waals surface area contributed by atoms with Crippen LogP contribution in [0.5, 0.6) is 0 Å². The zero-order chi connectivity index (χ0) is 22.1. The number of benzene rings is 1. The van der Waals surface area contributed by atoms with E-state index in [2.05, 4.69) is 20.4 Å². The number of carbonyl (C=O) groups excluding carboxylic acids is 2. The summed E-state index contributed by atoms with van der Waals surface area (Å²) in [4.78, 5) is 36.0. The van der Waals surface area contributed by atoms with Gasteiger partial charge in [-0.05, 0) is 56.9 Å². The number of aromatic nitrogens is 4. The molecule has 2 aromatic heterocycles. The molecular formula is C21H22Cl2N6O2. The Morgan fingerprint density at radius 1 is 1.19 bits per heavy atom. The standard InChI is InChI=1S/C21H22Cl2N6O2/c1-12-17(13(2)29-21(26-12)24-11-25-29)5-6-19(30)28-7-3-4-18(28)20(31)27-16-9-14(22)8-15(23)10-16/h8-11,18H,3-7H2,1-2H3,(H,27,31)/t18-/m0/s1. The van der Waals surface area contributed by atoms with Crippen molar-refractivity contribution in [3.05, 3.63) is 51.5 Å². The van der Waals surface area contributed by atoms with Crippen molar-refractivity contribution in [1.29, 1.82) is 0 Å². The number of nitrogens with zero attached hydrogens (tertiary/aromatic N) is 5. The third-order valence-electron chi connectivity index (χ3n) is 5.58. The molecule has 0 saturated carbocycles. The lowest BCUT2D eigenvalue weighted by Crippen LogP contribution is -2.43. The van der Waals surface area contributed by atoms with Gasteiger partial charge in [0.1, 0.15) is 12.4 Å². The Morgan fingerprint density at radius 3 is 2.68 bits per heavy atom. The van der Waals surface area contributed by atoms with E-state index >= 15 is 0 Å². The molecule has 1 aromatic carbocycles. The maximum absolute atomic E-state index is 13.0. The van der Waals surface area contributed by atoms with Gasteiger partial charge in [0.15, 0.2) is 0 Å². The van der Waals surface area contributed by atoms with Gasteiger partial charge in [0.25, 0.3) is 5.78 Å². The summed E-state index contributed by atoms with van der Waals surface area (Å²) in [5.74, 6) is 0.254. The summed E-state index contributed by atoms with van der Waals surface area (Å²) in [6.45, 7) is 4.41. The largest absolute Gasteiger partial charge is 0.331 e. The topological polar surface area (TPSA) is 92.5 Å². The number of hydrogen-bond acceptors (Lipinski definition) is 5. The highest BCUT2D eigenvalue weighted by Crippen LogP contribution is 2.25. The van der Waals surface area contributed by atoms with Crippen LogP contribution in [0, 0.1) is 13.8 Å². The summed E-state index contributed by atoms with van der Waals surface area (Å²) in [5, 5.41) is 7.89. The van der Waals surface area contributed by atoms with Crippen molar-refractivity contribution in [3.8, 4) is 0 Å². The molecule has 0 unspecified atom stereocenters. The highest BCUT2D eigenvalue weighted by molar-refractivity contribution is 6.35.